The number of amides is 1. The predicted octanol–water partition coefficient (Wildman–Crippen LogP) is 3.75. The van der Waals surface area contributed by atoms with Crippen molar-refractivity contribution in [2.24, 2.45) is 0 Å². The molecule has 0 aliphatic heterocycles. The van der Waals surface area contributed by atoms with Crippen LogP contribution in [-0.4, -0.2) is 11.0 Å². The first-order valence-electron chi connectivity index (χ1n) is 5.53. The van der Waals surface area contributed by atoms with Gasteiger partial charge in [-0.15, -0.1) is 0 Å². The zero-order valence-corrected chi connectivity index (χ0v) is 10.8. The van der Waals surface area contributed by atoms with Gasteiger partial charge >= 0.3 is 0 Å². The van der Waals surface area contributed by atoms with Crippen LogP contribution in [0, 0.1) is 12.7 Å². The highest BCUT2D eigenvalue weighted by molar-refractivity contribution is 6.31. The number of benzene rings is 2. The quantitative estimate of drug-likeness (QED) is 0.823. The van der Waals surface area contributed by atoms with E-state index in [1.54, 1.807) is 13.0 Å². The summed E-state index contributed by atoms with van der Waals surface area (Å²) in [5.41, 5.74) is 1.05. The Bertz CT molecular complexity index is 643. The van der Waals surface area contributed by atoms with Crippen LogP contribution in [0.15, 0.2) is 36.4 Å². The van der Waals surface area contributed by atoms with Gasteiger partial charge in [0.1, 0.15) is 11.6 Å². The molecule has 0 unspecified atom stereocenters. The molecule has 2 aromatic rings. The van der Waals surface area contributed by atoms with Crippen LogP contribution in [0.3, 0.4) is 0 Å². The molecule has 2 N–H and O–H groups in total. The zero-order valence-electron chi connectivity index (χ0n) is 10.1. The van der Waals surface area contributed by atoms with Crippen LogP contribution in [-0.2, 0) is 0 Å². The minimum absolute atomic E-state index is 0.101. The van der Waals surface area contributed by atoms with Crippen LogP contribution in [0.2, 0.25) is 5.02 Å². The number of nitrogens with one attached hydrogen (secondary N) is 1. The summed E-state index contributed by atoms with van der Waals surface area (Å²) in [6, 6.07) is 8.27. The highest BCUT2D eigenvalue weighted by atomic mass is 35.5. The van der Waals surface area contributed by atoms with E-state index in [1.807, 2.05) is 0 Å². The number of phenols is 1. The fourth-order valence-electron chi connectivity index (χ4n) is 1.65. The molecule has 3 nitrogen and oxygen atoms in total. The molecule has 98 valence electrons. The summed E-state index contributed by atoms with van der Waals surface area (Å²) in [6.07, 6.45) is 0. The number of rotatable bonds is 2. The second-order valence-corrected chi connectivity index (χ2v) is 4.51. The molecule has 19 heavy (non-hydrogen) atoms. The number of aromatic hydroxyl groups is 1. The first kappa shape index (κ1) is 13.4. The number of hydrogen-bond acceptors (Lipinski definition) is 2. The largest absolute Gasteiger partial charge is 0.508 e. The van der Waals surface area contributed by atoms with Crippen molar-refractivity contribution in [2.45, 2.75) is 6.92 Å². The minimum Gasteiger partial charge on any atom is -0.508 e. The predicted molar refractivity (Wildman–Crippen MR) is 72.2 cm³/mol. The molecule has 0 aromatic heterocycles. The maximum absolute atomic E-state index is 13.5. The lowest BCUT2D eigenvalue weighted by atomic mass is 10.1. The van der Waals surface area contributed by atoms with E-state index in [4.69, 9.17) is 11.6 Å². The average Bonchev–Trinajstić information content (AvgIpc) is 2.35. The number of halogens is 2. The summed E-state index contributed by atoms with van der Waals surface area (Å²) < 4.78 is 13.5. The SMILES string of the molecule is Cc1cc(O)ccc1NC(=O)c1cc(Cl)ccc1F. The molecule has 0 heterocycles. The van der Waals surface area contributed by atoms with Gasteiger partial charge in [-0.1, -0.05) is 11.6 Å². The van der Waals surface area contributed by atoms with E-state index in [0.717, 1.165) is 6.07 Å². The van der Waals surface area contributed by atoms with E-state index in [-0.39, 0.29) is 16.3 Å². The first-order valence-corrected chi connectivity index (χ1v) is 5.91. The lowest BCUT2D eigenvalue weighted by Crippen LogP contribution is -2.14. The topological polar surface area (TPSA) is 49.3 Å². The molecule has 5 heteroatoms. The number of carbonyl (C=O) groups excluding carboxylic acids is 1. The van der Waals surface area contributed by atoms with Gasteiger partial charge in [-0.25, -0.2) is 4.39 Å². The number of carbonyl (C=O) groups is 1. The Balaban J connectivity index is 2.28. The van der Waals surface area contributed by atoms with E-state index < -0.39 is 11.7 Å². The van der Waals surface area contributed by atoms with E-state index in [9.17, 15) is 14.3 Å². The summed E-state index contributed by atoms with van der Waals surface area (Å²) in [5.74, 6) is -1.13. The van der Waals surface area contributed by atoms with Crippen LogP contribution in [0.25, 0.3) is 0 Å². The minimum atomic E-state index is -0.640. The smallest absolute Gasteiger partial charge is 0.258 e. The van der Waals surface area contributed by atoms with Gasteiger partial charge in [-0.3, -0.25) is 4.79 Å². The van der Waals surface area contributed by atoms with Gasteiger partial charge in [0, 0.05) is 10.7 Å². The van der Waals surface area contributed by atoms with Crippen LogP contribution < -0.4 is 5.32 Å². The van der Waals surface area contributed by atoms with Crippen LogP contribution >= 0.6 is 11.6 Å². The Morgan fingerprint density at radius 1 is 1.26 bits per heavy atom. The van der Waals surface area contributed by atoms with Crippen molar-refractivity contribution in [1.29, 1.82) is 0 Å². The maximum atomic E-state index is 13.5. The molecule has 0 saturated carbocycles. The van der Waals surface area contributed by atoms with Crippen molar-refractivity contribution in [3.8, 4) is 5.75 Å². The van der Waals surface area contributed by atoms with Gasteiger partial charge in [-0.2, -0.15) is 0 Å². The molecule has 1 amide bonds. The van der Waals surface area contributed by atoms with Gasteiger partial charge in [0.15, 0.2) is 0 Å². The van der Waals surface area contributed by atoms with Gasteiger partial charge in [0.25, 0.3) is 5.91 Å². The summed E-state index contributed by atoms with van der Waals surface area (Å²) in [4.78, 5) is 12.0. The van der Waals surface area contributed by atoms with Gasteiger partial charge < -0.3 is 10.4 Å². The van der Waals surface area contributed by atoms with Crippen LogP contribution in [0.1, 0.15) is 15.9 Å². The molecule has 0 saturated heterocycles. The summed E-state index contributed by atoms with van der Waals surface area (Å²) in [6.45, 7) is 1.73. The van der Waals surface area contributed by atoms with E-state index in [1.165, 1.54) is 24.3 Å². The third-order valence-electron chi connectivity index (χ3n) is 2.63. The fourth-order valence-corrected chi connectivity index (χ4v) is 1.82. The molecule has 0 aliphatic carbocycles. The number of aryl methyl sites for hydroxylation is 1. The Kier molecular flexibility index (Phi) is 3.71. The Morgan fingerprint density at radius 2 is 2.00 bits per heavy atom. The molecule has 0 atom stereocenters. The van der Waals surface area contributed by atoms with Crippen molar-refractivity contribution in [2.75, 3.05) is 5.32 Å². The van der Waals surface area contributed by atoms with Crippen LogP contribution in [0.5, 0.6) is 5.75 Å². The molecule has 0 fully saturated rings. The van der Waals surface area contributed by atoms with Gasteiger partial charge in [0.2, 0.25) is 0 Å². The van der Waals surface area contributed by atoms with Crippen molar-refractivity contribution in [1.82, 2.24) is 0 Å². The Morgan fingerprint density at radius 3 is 2.68 bits per heavy atom. The monoisotopic (exact) mass is 279 g/mol. The molecule has 0 aliphatic rings. The highest BCUT2D eigenvalue weighted by Crippen LogP contribution is 2.22. The molecular weight excluding hydrogens is 269 g/mol. The van der Waals surface area contributed by atoms with Crippen LogP contribution in [0.4, 0.5) is 10.1 Å². The molecule has 2 rings (SSSR count). The van der Waals surface area contributed by atoms with Gasteiger partial charge in [-0.05, 0) is 48.9 Å². The average molecular weight is 280 g/mol. The number of hydrogen-bond donors (Lipinski definition) is 2. The zero-order chi connectivity index (χ0) is 14.0. The standard InChI is InChI=1S/C14H11ClFNO2/c1-8-6-10(18)3-5-13(8)17-14(19)11-7-9(15)2-4-12(11)16/h2-7,18H,1H3,(H,17,19). The Hall–Kier alpha value is -2.07. The molecule has 0 spiro atoms. The summed E-state index contributed by atoms with van der Waals surface area (Å²) >= 11 is 5.74. The van der Waals surface area contributed by atoms with E-state index >= 15 is 0 Å². The van der Waals surface area contributed by atoms with E-state index in [0.29, 0.717) is 11.3 Å². The lowest BCUT2D eigenvalue weighted by Gasteiger charge is -2.09. The normalized spacial score (nSPS) is 10.3. The van der Waals surface area contributed by atoms with Crippen molar-refractivity contribution in [3.05, 3.63) is 58.4 Å². The molecule has 0 radical (unpaired) electrons. The molecule has 2 aromatic carbocycles. The number of anilines is 1. The molecular formula is C14H11ClFNO2. The fraction of sp³-hybridized carbons (Fsp3) is 0.0714. The summed E-state index contributed by atoms with van der Waals surface area (Å²) in [7, 11) is 0. The summed E-state index contributed by atoms with van der Waals surface area (Å²) in [5, 5.41) is 12.1. The second kappa shape index (κ2) is 5.28. The molecule has 0 bridgehead atoms. The highest BCUT2D eigenvalue weighted by Gasteiger charge is 2.13. The third kappa shape index (κ3) is 3.03. The first-order chi connectivity index (χ1) is 8.97. The maximum Gasteiger partial charge on any atom is 0.258 e. The van der Waals surface area contributed by atoms with E-state index in [2.05, 4.69) is 5.32 Å². The second-order valence-electron chi connectivity index (χ2n) is 4.08. The van der Waals surface area contributed by atoms with Crippen molar-refractivity contribution in [3.63, 3.8) is 0 Å². The third-order valence-corrected chi connectivity index (χ3v) is 2.87. The lowest BCUT2D eigenvalue weighted by molar-refractivity contribution is 0.102. The van der Waals surface area contributed by atoms with Crippen molar-refractivity contribution >= 4 is 23.2 Å². The van der Waals surface area contributed by atoms with Gasteiger partial charge in [0.05, 0.1) is 5.56 Å². The number of phenolic OH excluding ortho intramolecular Hbond substituents is 1. The van der Waals surface area contributed by atoms with Crippen molar-refractivity contribution < 1.29 is 14.3 Å². The Labute approximate surface area is 114 Å².